The molecule has 128 valence electrons. The number of aromatic amines is 2. The molecule has 3 heterocycles. The predicted octanol–water partition coefficient (Wildman–Crippen LogP) is 2.69. The number of rotatable bonds is 3. The zero-order valence-corrected chi connectivity index (χ0v) is 14.7. The first kappa shape index (κ1) is 16.2. The summed E-state index contributed by atoms with van der Waals surface area (Å²) in [5.41, 5.74) is 2.30. The van der Waals surface area contributed by atoms with E-state index >= 15 is 0 Å². The minimum atomic E-state index is -0.143. The van der Waals surface area contributed by atoms with Gasteiger partial charge in [-0.25, -0.2) is 0 Å². The summed E-state index contributed by atoms with van der Waals surface area (Å²) in [6, 6.07) is 7.25. The standard InChI is InChI=1S/C16H14ClN5O2S/c17-10-3-1-9(2-4-10)14-19-13(24-21-14)8-22-6-5-12-11(7-22)15(23)20-16(25)18-12/h1-4H,5-8H2,(H2,18,20,23,25). The first-order valence-corrected chi connectivity index (χ1v) is 8.52. The summed E-state index contributed by atoms with van der Waals surface area (Å²) in [6.45, 7) is 1.77. The van der Waals surface area contributed by atoms with Gasteiger partial charge in [-0.2, -0.15) is 4.98 Å². The molecule has 1 aliphatic rings. The zero-order chi connectivity index (χ0) is 17.4. The van der Waals surface area contributed by atoms with Gasteiger partial charge in [0, 0.05) is 35.8 Å². The summed E-state index contributed by atoms with van der Waals surface area (Å²) in [7, 11) is 0. The Bertz CT molecular complexity index is 1020. The maximum atomic E-state index is 12.1. The molecule has 7 nitrogen and oxygen atoms in total. The van der Waals surface area contributed by atoms with Crippen LogP contribution in [0.1, 0.15) is 17.1 Å². The van der Waals surface area contributed by atoms with E-state index in [4.69, 9.17) is 28.3 Å². The number of H-pyrrole nitrogens is 2. The number of nitrogens with zero attached hydrogens (tertiary/aromatic N) is 3. The van der Waals surface area contributed by atoms with E-state index in [9.17, 15) is 4.79 Å². The molecular formula is C16H14ClN5O2S. The van der Waals surface area contributed by atoms with E-state index in [-0.39, 0.29) is 5.56 Å². The maximum Gasteiger partial charge on any atom is 0.256 e. The Morgan fingerprint density at radius 2 is 2.08 bits per heavy atom. The monoisotopic (exact) mass is 375 g/mol. The lowest BCUT2D eigenvalue weighted by atomic mass is 10.1. The fraction of sp³-hybridized carbons (Fsp3) is 0.250. The Kier molecular flexibility index (Phi) is 4.24. The molecule has 1 aromatic carbocycles. The summed E-state index contributed by atoms with van der Waals surface area (Å²) in [6.07, 6.45) is 0.723. The number of hydrogen-bond donors (Lipinski definition) is 2. The van der Waals surface area contributed by atoms with Crippen molar-refractivity contribution < 1.29 is 4.52 Å². The summed E-state index contributed by atoms with van der Waals surface area (Å²) >= 11 is 10.9. The molecule has 0 unspecified atom stereocenters. The van der Waals surface area contributed by atoms with E-state index in [1.165, 1.54) is 0 Å². The number of benzene rings is 1. The lowest BCUT2D eigenvalue weighted by Gasteiger charge is -2.26. The summed E-state index contributed by atoms with van der Waals surface area (Å²) < 4.78 is 5.71. The van der Waals surface area contributed by atoms with E-state index in [1.807, 2.05) is 12.1 Å². The molecule has 25 heavy (non-hydrogen) atoms. The van der Waals surface area contributed by atoms with Crippen LogP contribution in [-0.4, -0.2) is 31.6 Å². The third-order valence-electron chi connectivity index (χ3n) is 4.12. The molecule has 0 fully saturated rings. The van der Waals surface area contributed by atoms with Gasteiger partial charge in [-0.05, 0) is 36.5 Å². The van der Waals surface area contributed by atoms with Crippen molar-refractivity contribution in [2.75, 3.05) is 6.54 Å². The second-order valence-corrected chi connectivity index (χ2v) is 6.69. The fourth-order valence-corrected chi connectivity index (χ4v) is 3.22. The van der Waals surface area contributed by atoms with Crippen LogP contribution in [0, 0.1) is 4.77 Å². The minimum Gasteiger partial charge on any atom is -0.338 e. The molecule has 0 amide bonds. The second kappa shape index (κ2) is 6.55. The van der Waals surface area contributed by atoms with Gasteiger partial charge < -0.3 is 9.51 Å². The smallest absolute Gasteiger partial charge is 0.256 e. The van der Waals surface area contributed by atoms with Gasteiger partial charge in [-0.15, -0.1) is 0 Å². The van der Waals surface area contributed by atoms with Crippen molar-refractivity contribution in [3.8, 4) is 11.4 Å². The third kappa shape index (κ3) is 3.41. The molecule has 0 aliphatic carbocycles. The van der Waals surface area contributed by atoms with Crippen molar-refractivity contribution in [2.24, 2.45) is 0 Å². The number of hydrogen-bond acceptors (Lipinski definition) is 6. The Morgan fingerprint density at radius 3 is 2.88 bits per heavy atom. The predicted molar refractivity (Wildman–Crippen MR) is 94.8 cm³/mol. The number of fused-ring (bicyclic) bond motifs is 1. The van der Waals surface area contributed by atoms with Crippen LogP contribution in [-0.2, 0) is 19.5 Å². The van der Waals surface area contributed by atoms with E-state index in [1.54, 1.807) is 12.1 Å². The van der Waals surface area contributed by atoms with Crippen LogP contribution >= 0.6 is 23.8 Å². The van der Waals surface area contributed by atoms with Crippen LogP contribution in [0.2, 0.25) is 5.02 Å². The quantitative estimate of drug-likeness (QED) is 0.684. The Morgan fingerprint density at radius 1 is 1.28 bits per heavy atom. The van der Waals surface area contributed by atoms with Crippen LogP contribution in [0.4, 0.5) is 0 Å². The molecule has 3 aromatic rings. The highest BCUT2D eigenvalue weighted by Crippen LogP contribution is 2.20. The lowest BCUT2D eigenvalue weighted by molar-refractivity contribution is 0.208. The molecular weight excluding hydrogens is 362 g/mol. The van der Waals surface area contributed by atoms with Gasteiger partial charge in [-0.3, -0.25) is 14.7 Å². The SMILES string of the molecule is O=c1[nH]c(=S)[nH]c2c1CN(Cc1nc(-c3ccc(Cl)cc3)no1)CC2. The Hall–Kier alpha value is -2.29. The van der Waals surface area contributed by atoms with Crippen LogP contribution in [0.25, 0.3) is 11.4 Å². The van der Waals surface area contributed by atoms with Crippen LogP contribution in [0.15, 0.2) is 33.6 Å². The van der Waals surface area contributed by atoms with Crippen molar-refractivity contribution in [3.63, 3.8) is 0 Å². The number of nitrogens with one attached hydrogen (secondary N) is 2. The van der Waals surface area contributed by atoms with Crippen molar-refractivity contribution in [1.29, 1.82) is 0 Å². The van der Waals surface area contributed by atoms with E-state index in [0.29, 0.717) is 40.2 Å². The van der Waals surface area contributed by atoms with Crippen molar-refractivity contribution in [3.05, 3.63) is 61.6 Å². The molecule has 0 radical (unpaired) electrons. The number of halogens is 1. The van der Waals surface area contributed by atoms with Gasteiger partial charge >= 0.3 is 0 Å². The third-order valence-corrected chi connectivity index (χ3v) is 4.58. The van der Waals surface area contributed by atoms with Gasteiger partial charge in [0.25, 0.3) is 5.56 Å². The summed E-state index contributed by atoms with van der Waals surface area (Å²) in [5, 5.41) is 4.67. The normalized spacial score (nSPS) is 14.4. The maximum absolute atomic E-state index is 12.1. The van der Waals surface area contributed by atoms with Crippen LogP contribution in [0.5, 0.6) is 0 Å². The van der Waals surface area contributed by atoms with Crippen molar-refractivity contribution in [2.45, 2.75) is 19.5 Å². The largest absolute Gasteiger partial charge is 0.338 e. The molecule has 2 aromatic heterocycles. The topological polar surface area (TPSA) is 90.8 Å². The fourth-order valence-electron chi connectivity index (χ4n) is 2.87. The molecule has 0 saturated heterocycles. The highest BCUT2D eigenvalue weighted by atomic mass is 35.5. The van der Waals surface area contributed by atoms with Crippen LogP contribution < -0.4 is 5.56 Å². The van der Waals surface area contributed by atoms with E-state index < -0.39 is 0 Å². The minimum absolute atomic E-state index is 0.143. The molecule has 9 heteroatoms. The second-order valence-electron chi connectivity index (χ2n) is 5.84. The van der Waals surface area contributed by atoms with Crippen LogP contribution in [0.3, 0.4) is 0 Å². The molecule has 1 aliphatic heterocycles. The highest BCUT2D eigenvalue weighted by Gasteiger charge is 2.21. The number of aromatic nitrogens is 4. The first-order chi connectivity index (χ1) is 12.1. The highest BCUT2D eigenvalue weighted by molar-refractivity contribution is 7.71. The average molecular weight is 376 g/mol. The zero-order valence-electron chi connectivity index (χ0n) is 13.1. The molecule has 0 bridgehead atoms. The molecule has 4 rings (SSSR count). The van der Waals surface area contributed by atoms with Gasteiger partial charge in [0.1, 0.15) is 0 Å². The lowest BCUT2D eigenvalue weighted by Crippen LogP contribution is -2.35. The van der Waals surface area contributed by atoms with Gasteiger partial charge in [0.2, 0.25) is 11.7 Å². The van der Waals surface area contributed by atoms with E-state index in [0.717, 1.165) is 24.2 Å². The Balaban J connectivity index is 1.51. The van der Waals surface area contributed by atoms with Gasteiger partial charge in [0.15, 0.2) is 4.77 Å². The molecule has 2 N–H and O–H groups in total. The van der Waals surface area contributed by atoms with E-state index in [2.05, 4.69) is 25.0 Å². The average Bonchev–Trinajstić information content (AvgIpc) is 3.04. The summed E-state index contributed by atoms with van der Waals surface area (Å²) in [5.74, 6) is 1.03. The Labute approximate surface area is 152 Å². The van der Waals surface area contributed by atoms with Gasteiger partial charge in [-0.1, -0.05) is 16.8 Å². The van der Waals surface area contributed by atoms with Crippen molar-refractivity contribution in [1.82, 2.24) is 25.0 Å². The van der Waals surface area contributed by atoms with Gasteiger partial charge in [0.05, 0.1) is 12.1 Å². The summed E-state index contributed by atoms with van der Waals surface area (Å²) in [4.78, 5) is 24.3. The first-order valence-electron chi connectivity index (χ1n) is 7.74. The molecule has 0 saturated carbocycles. The van der Waals surface area contributed by atoms with Crippen molar-refractivity contribution >= 4 is 23.8 Å². The molecule has 0 atom stereocenters. The molecule has 0 spiro atoms.